The summed E-state index contributed by atoms with van der Waals surface area (Å²) in [7, 11) is 0. The van der Waals surface area contributed by atoms with Gasteiger partial charge in [0.25, 0.3) is 0 Å². The van der Waals surface area contributed by atoms with Crippen molar-refractivity contribution in [3.63, 3.8) is 0 Å². The fraction of sp³-hybridized carbons (Fsp3) is 0. The highest BCUT2D eigenvalue weighted by Gasteiger charge is 2.07. The van der Waals surface area contributed by atoms with Crippen LogP contribution >= 0.6 is 27.3 Å². The Hall–Kier alpha value is -1.72. The molecule has 0 aliphatic rings. The molecule has 1 aromatic carbocycles. The van der Waals surface area contributed by atoms with E-state index in [1.807, 2.05) is 41.8 Å². The number of nitrogens with zero attached hydrogens (tertiary/aromatic N) is 2. The van der Waals surface area contributed by atoms with Gasteiger partial charge in [0.15, 0.2) is 0 Å². The van der Waals surface area contributed by atoms with Crippen LogP contribution in [0, 0.1) is 0 Å². The van der Waals surface area contributed by atoms with Crippen LogP contribution in [0.15, 0.2) is 52.4 Å². The average molecular weight is 332 g/mol. The molecule has 94 valence electrons. The summed E-state index contributed by atoms with van der Waals surface area (Å²) in [6, 6.07) is 11.6. The van der Waals surface area contributed by atoms with Crippen molar-refractivity contribution in [2.75, 3.05) is 5.73 Å². The molecule has 0 aliphatic carbocycles. The molecule has 19 heavy (non-hydrogen) atoms. The number of pyridine rings is 1. The largest absolute Gasteiger partial charge is 0.399 e. The molecule has 0 spiro atoms. The van der Waals surface area contributed by atoms with Gasteiger partial charge in [0.05, 0.1) is 11.4 Å². The van der Waals surface area contributed by atoms with Crippen molar-refractivity contribution in [1.29, 1.82) is 0 Å². The first kappa shape index (κ1) is 12.3. The van der Waals surface area contributed by atoms with E-state index in [0.29, 0.717) is 0 Å². The second-order valence-corrected chi connectivity index (χ2v) is 5.80. The molecule has 0 bridgehead atoms. The Morgan fingerprint density at radius 3 is 2.47 bits per heavy atom. The number of aromatic nitrogens is 2. The quantitative estimate of drug-likeness (QED) is 0.715. The zero-order chi connectivity index (χ0) is 13.2. The highest BCUT2D eigenvalue weighted by atomic mass is 79.9. The highest BCUT2D eigenvalue weighted by molar-refractivity contribution is 9.10. The predicted octanol–water partition coefficient (Wildman–Crippen LogP) is 4.22. The van der Waals surface area contributed by atoms with E-state index >= 15 is 0 Å². The lowest BCUT2D eigenvalue weighted by molar-refractivity contribution is 1.28. The van der Waals surface area contributed by atoms with E-state index in [0.717, 1.165) is 32.1 Å². The molecule has 0 saturated heterocycles. The van der Waals surface area contributed by atoms with E-state index in [2.05, 4.69) is 25.9 Å². The Labute approximate surface area is 123 Å². The molecule has 0 amide bonds. The van der Waals surface area contributed by atoms with Crippen LogP contribution in [0.3, 0.4) is 0 Å². The predicted molar refractivity (Wildman–Crippen MR) is 82.9 cm³/mol. The second kappa shape index (κ2) is 5.11. The van der Waals surface area contributed by atoms with Gasteiger partial charge in [-0.25, -0.2) is 4.98 Å². The molecule has 2 aromatic heterocycles. The van der Waals surface area contributed by atoms with Crippen molar-refractivity contribution in [2.24, 2.45) is 0 Å². The summed E-state index contributed by atoms with van der Waals surface area (Å²) in [6.45, 7) is 0. The maximum Gasteiger partial charge on any atom is 0.142 e. The van der Waals surface area contributed by atoms with Gasteiger partial charge < -0.3 is 5.73 Å². The maximum atomic E-state index is 5.68. The van der Waals surface area contributed by atoms with Crippen LogP contribution in [0.25, 0.3) is 22.0 Å². The molecular formula is C14H10BrN3S. The number of thiazole rings is 1. The molecule has 0 radical (unpaired) electrons. The lowest BCUT2D eigenvalue weighted by Gasteiger charge is -1.97. The second-order valence-electron chi connectivity index (χ2n) is 4.02. The number of nitrogens with two attached hydrogens (primary N) is 1. The minimum absolute atomic E-state index is 0.758. The molecule has 0 aliphatic heterocycles. The molecule has 2 heterocycles. The Kier molecular flexibility index (Phi) is 3.31. The van der Waals surface area contributed by atoms with Gasteiger partial charge in [0.2, 0.25) is 0 Å². The minimum atomic E-state index is 0.758. The van der Waals surface area contributed by atoms with Crippen molar-refractivity contribution >= 4 is 33.0 Å². The van der Waals surface area contributed by atoms with Crippen molar-refractivity contribution in [3.05, 3.63) is 52.4 Å². The Morgan fingerprint density at radius 2 is 1.79 bits per heavy atom. The highest BCUT2D eigenvalue weighted by Crippen LogP contribution is 2.28. The smallest absolute Gasteiger partial charge is 0.142 e. The van der Waals surface area contributed by atoms with E-state index < -0.39 is 0 Å². The van der Waals surface area contributed by atoms with Crippen LogP contribution in [-0.2, 0) is 0 Å². The summed E-state index contributed by atoms with van der Waals surface area (Å²) in [5, 5.41) is 2.95. The van der Waals surface area contributed by atoms with Crippen LogP contribution in [-0.4, -0.2) is 9.97 Å². The number of benzene rings is 1. The molecule has 0 fully saturated rings. The number of hydrogen-bond donors (Lipinski definition) is 1. The monoisotopic (exact) mass is 331 g/mol. The summed E-state index contributed by atoms with van der Waals surface area (Å²) in [6.07, 6.45) is 1.78. The third kappa shape index (κ3) is 2.67. The zero-order valence-electron chi connectivity index (χ0n) is 9.88. The fourth-order valence-corrected chi connectivity index (χ4v) is 2.72. The molecule has 3 aromatic rings. The Morgan fingerprint density at radius 1 is 1.00 bits per heavy atom. The van der Waals surface area contributed by atoms with Crippen LogP contribution in [0.1, 0.15) is 0 Å². The van der Waals surface area contributed by atoms with E-state index in [1.165, 1.54) is 0 Å². The molecule has 0 unspecified atom stereocenters. The van der Waals surface area contributed by atoms with Gasteiger partial charge >= 0.3 is 0 Å². The Balaban J connectivity index is 1.95. The molecule has 3 rings (SSSR count). The van der Waals surface area contributed by atoms with E-state index in [1.54, 1.807) is 17.5 Å². The molecule has 0 saturated carbocycles. The molecular weight excluding hydrogens is 322 g/mol. The lowest BCUT2D eigenvalue weighted by Crippen LogP contribution is -1.85. The van der Waals surface area contributed by atoms with Gasteiger partial charge in [0, 0.05) is 27.3 Å². The normalized spacial score (nSPS) is 10.6. The number of halogens is 1. The molecule has 2 N–H and O–H groups in total. The van der Waals surface area contributed by atoms with E-state index in [4.69, 9.17) is 5.73 Å². The van der Waals surface area contributed by atoms with Crippen molar-refractivity contribution < 1.29 is 0 Å². The van der Waals surface area contributed by atoms with Gasteiger partial charge in [-0.15, -0.1) is 11.3 Å². The van der Waals surface area contributed by atoms with Crippen LogP contribution in [0.5, 0.6) is 0 Å². The number of rotatable bonds is 2. The fourth-order valence-electron chi connectivity index (χ4n) is 1.68. The molecule has 3 nitrogen and oxygen atoms in total. The summed E-state index contributed by atoms with van der Waals surface area (Å²) < 4.78 is 0.964. The molecule has 5 heteroatoms. The van der Waals surface area contributed by atoms with Gasteiger partial charge in [-0.1, -0.05) is 12.1 Å². The van der Waals surface area contributed by atoms with Crippen LogP contribution in [0.4, 0.5) is 5.69 Å². The maximum absolute atomic E-state index is 5.68. The van der Waals surface area contributed by atoms with Gasteiger partial charge in [-0.3, -0.25) is 4.98 Å². The zero-order valence-corrected chi connectivity index (χ0v) is 12.3. The minimum Gasteiger partial charge on any atom is -0.399 e. The summed E-state index contributed by atoms with van der Waals surface area (Å²) in [5.74, 6) is 0. The third-order valence-electron chi connectivity index (χ3n) is 2.66. The topological polar surface area (TPSA) is 51.8 Å². The Bertz CT molecular complexity index is 629. The van der Waals surface area contributed by atoms with Crippen molar-refractivity contribution in [3.8, 4) is 22.0 Å². The standard InChI is InChI=1S/C14H10BrN3S/c15-10-3-6-12(17-7-10)14-18-13(8-19-14)9-1-4-11(16)5-2-9/h1-8H,16H2. The van der Waals surface area contributed by atoms with Crippen molar-refractivity contribution in [1.82, 2.24) is 9.97 Å². The van der Waals surface area contributed by atoms with Gasteiger partial charge in [-0.2, -0.15) is 0 Å². The summed E-state index contributed by atoms with van der Waals surface area (Å²) in [5.41, 5.74) is 9.34. The van der Waals surface area contributed by atoms with E-state index in [9.17, 15) is 0 Å². The van der Waals surface area contributed by atoms with E-state index in [-0.39, 0.29) is 0 Å². The number of anilines is 1. The third-order valence-corrected chi connectivity index (χ3v) is 3.99. The lowest BCUT2D eigenvalue weighted by atomic mass is 10.1. The van der Waals surface area contributed by atoms with Crippen molar-refractivity contribution in [2.45, 2.75) is 0 Å². The summed E-state index contributed by atoms with van der Waals surface area (Å²) in [4.78, 5) is 8.96. The van der Waals surface area contributed by atoms with Crippen LogP contribution in [0.2, 0.25) is 0 Å². The first-order chi connectivity index (χ1) is 9.22. The van der Waals surface area contributed by atoms with Gasteiger partial charge in [0.1, 0.15) is 5.01 Å². The number of hydrogen-bond acceptors (Lipinski definition) is 4. The molecule has 0 atom stereocenters. The first-order valence-corrected chi connectivity index (χ1v) is 7.33. The van der Waals surface area contributed by atoms with Gasteiger partial charge in [-0.05, 0) is 40.2 Å². The SMILES string of the molecule is Nc1ccc(-c2csc(-c3ccc(Br)cn3)n2)cc1. The van der Waals surface area contributed by atoms with Crippen LogP contribution < -0.4 is 5.73 Å². The number of nitrogen functional groups attached to an aromatic ring is 1. The average Bonchev–Trinajstić information content (AvgIpc) is 2.90. The summed E-state index contributed by atoms with van der Waals surface area (Å²) >= 11 is 4.96. The first-order valence-electron chi connectivity index (χ1n) is 5.66.